The second kappa shape index (κ2) is 11.2. The summed E-state index contributed by atoms with van der Waals surface area (Å²) in [6.07, 6.45) is 0. The van der Waals surface area contributed by atoms with E-state index in [0.717, 1.165) is 67.3 Å². The molecule has 0 radical (unpaired) electrons. The summed E-state index contributed by atoms with van der Waals surface area (Å²) in [7, 11) is 0. The van der Waals surface area contributed by atoms with E-state index in [1.165, 1.54) is 32.9 Å². The first-order valence-electron chi connectivity index (χ1n) is 17.6. The summed E-state index contributed by atoms with van der Waals surface area (Å²) < 4.78 is 15.2. The van der Waals surface area contributed by atoms with Gasteiger partial charge in [0.25, 0.3) is 0 Å². The van der Waals surface area contributed by atoms with Gasteiger partial charge in [-0.3, -0.25) is 0 Å². The van der Waals surface area contributed by atoms with Crippen LogP contribution in [0.4, 0.5) is 17.1 Å². The van der Waals surface area contributed by atoms with Gasteiger partial charge in [-0.25, -0.2) is 0 Å². The molecule has 0 atom stereocenters. The van der Waals surface area contributed by atoms with Crippen LogP contribution in [-0.4, -0.2) is 4.57 Å². The molecule has 2 aromatic heterocycles. The minimum atomic E-state index is 0.814. The number of benzene rings is 8. The Balaban J connectivity index is 1.02. The lowest BCUT2D eigenvalue weighted by Crippen LogP contribution is -2.15. The third-order valence-corrected chi connectivity index (χ3v) is 10.4. The summed E-state index contributed by atoms with van der Waals surface area (Å²) in [6, 6.07) is 64.3. The fourth-order valence-electron chi connectivity index (χ4n) is 7.93. The number of rotatable bonds is 4. The standard InChI is InChI=1S/C48H30N2O2/c1-2-10-31(11-3-1)32-18-22-35(23-19-32)49-41-14-6-4-12-37(41)39-28-33(20-25-42(39)49)34-21-26-44-48(29-34)52-47-17-9-7-15-43(47)50(44)36-24-27-46-40(30-36)38-13-5-8-16-45(38)51-46/h1-30H. The Morgan fingerprint density at radius 1 is 0.346 bits per heavy atom. The number of fused-ring (bicyclic) bond motifs is 8. The molecular weight excluding hydrogens is 637 g/mol. The maximum Gasteiger partial charge on any atom is 0.152 e. The Hall–Kier alpha value is -7.04. The van der Waals surface area contributed by atoms with Gasteiger partial charge >= 0.3 is 0 Å². The average molecular weight is 667 g/mol. The first kappa shape index (κ1) is 28.8. The lowest BCUT2D eigenvalue weighted by Gasteiger charge is -2.33. The van der Waals surface area contributed by atoms with Crippen molar-refractivity contribution in [3.8, 4) is 39.4 Å². The van der Waals surface area contributed by atoms with E-state index in [4.69, 9.17) is 9.15 Å². The molecule has 1 aliphatic rings. The lowest BCUT2D eigenvalue weighted by molar-refractivity contribution is 0.477. The van der Waals surface area contributed by atoms with Crippen LogP contribution in [0.3, 0.4) is 0 Å². The minimum Gasteiger partial charge on any atom is -0.456 e. The van der Waals surface area contributed by atoms with Crippen LogP contribution in [0, 0.1) is 0 Å². The van der Waals surface area contributed by atoms with Gasteiger partial charge in [-0.1, -0.05) is 103 Å². The van der Waals surface area contributed by atoms with Crippen LogP contribution in [0.2, 0.25) is 0 Å². The molecule has 0 spiro atoms. The van der Waals surface area contributed by atoms with E-state index in [-0.39, 0.29) is 0 Å². The molecule has 0 saturated heterocycles. The van der Waals surface area contributed by atoms with E-state index >= 15 is 0 Å². The zero-order valence-electron chi connectivity index (χ0n) is 28.0. The van der Waals surface area contributed by atoms with Gasteiger partial charge in [0, 0.05) is 32.9 Å². The Morgan fingerprint density at radius 3 is 1.88 bits per heavy atom. The highest BCUT2D eigenvalue weighted by atomic mass is 16.5. The largest absolute Gasteiger partial charge is 0.456 e. The molecule has 4 heteroatoms. The summed E-state index contributed by atoms with van der Waals surface area (Å²) in [5.74, 6) is 1.63. The molecule has 0 amide bonds. The molecule has 10 aromatic rings. The van der Waals surface area contributed by atoms with Gasteiger partial charge in [0.2, 0.25) is 0 Å². The third-order valence-electron chi connectivity index (χ3n) is 10.4. The highest BCUT2D eigenvalue weighted by Gasteiger charge is 2.27. The Kier molecular flexibility index (Phi) is 6.22. The smallest absolute Gasteiger partial charge is 0.152 e. The minimum absolute atomic E-state index is 0.814. The number of hydrogen-bond donors (Lipinski definition) is 0. The van der Waals surface area contributed by atoms with Crippen molar-refractivity contribution < 1.29 is 9.15 Å². The Labute approximate surface area is 300 Å². The van der Waals surface area contributed by atoms with E-state index in [2.05, 4.69) is 167 Å². The molecule has 0 bridgehead atoms. The van der Waals surface area contributed by atoms with Crippen LogP contribution in [0.5, 0.6) is 11.5 Å². The van der Waals surface area contributed by atoms with Crippen molar-refractivity contribution in [3.05, 3.63) is 182 Å². The maximum atomic E-state index is 6.63. The van der Waals surface area contributed by atoms with E-state index in [9.17, 15) is 0 Å². The Bertz CT molecular complexity index is 2990. The SMILES string of the molecule is c1ccc(-c2ccc(-n3c4ccccc4c4cc(-c5ccc6c(c5)Oc5ccccc5N6c5ccc6oc7ccccc7c6c5)ccc43)cc2)cc1. The predicted octanol–water partition coefficient (Wildman–Crippen LogP) is 13.6. The molecule has 0 saturated carbocycles. The fraction of sp³-hybridized carbons (Fsp3) is 0. The second-order valence-electron chi connectivity index (χ2n) is 13.4. The first-order valence-corrected chi connectivity index (χ1v) is 17.6. The highest BCUT2D eigenvalue weighted by molar-refractivity contribution is 6.11. The molecule has 1 aliphatic heterocycles. The molecule has 52 heavy (non-hydrogen) atoms. The van der Waals surface area contributed by atoms with Crippen LogP contribution in [0.25, 0.3) is 71.7 Å². The first-order chi connectivity index (χ1) is 25.8. The van der Waals surface area contributed by atoms with Gasteiger partial charge in [-0.15, -0.1) is 0 Å². The van der Waals surface area contributed by atoms with Crippen molar-refractivity contribution in [3.63, 3.8) is 0 Å². The van der Waals surface area contributed by atoms with Crippen LogP contribution in [0.15, 0.2) is 186 Å². The van der Waals surface area contributed by atoms with Gasteiger partial charge in [-0.2, -0.15) is 0 Å². The molecule has 4 nitrogen and oxygen atoms in total. The quantitative estimate of drug-likeness (QED) is 0.187. The molecule has 0 unspecified atom stereocenters. The van der Waals surface area contributed by atoms with Crippen molar-refractivity contribution in [1.82, 2.24) is 4.57 Å². The number of para-hydroxylation sites is 4. The van der Waals surface area contributed by atoms with E-state index in [0.29, 0.717) is 0 Å². The summed E-state index contributed by atoms with van der Waals surface area (Å²) in [6.45, 7) is 0. The molecule has 11 rings (SSSR count). The number of aromatic nitrogens is 1. The van der Waals surface area contributed by atoms with E-state index in [1.807, 2.05) is 24.3 Å². The maximum absolute atomic E-state index is 6.63. The van der Waals surface area contributed by atoms with Crippen molar-refractivity contribution in [1.29, 1.82) is 0 Å². The molecule has 244 valence electrons. The van der Waals surface area contributed by atoms with E-state index in [1.54, 1.807) is 0 Å². The molecule has 0 N–H and O–H groups in total. The summed E-state index contributed by atoms with van der Waals surface area (Å²) >= 11 is 0. The monoisotopic (exact) mass is 666 g/mol. The average Bonchev–Trinajstić information content (AvgIpc) is 3.75. The fourth-order valence-corrected chi connectivity index (χ4v) is 7.93. The van der Waals surface area contributed by atoms with E-state index < -0.39 is 0 Å². The van der Waals surface area contributed by atoms with Crippen LogP contribution >= 0.6 is 0 Å². The van der Waals surface area contributed by atoms with Crippen molar-refractivity contribution in [2.24, 2.45) is 0 Å². The van der Waals surface area contributed by atoms with Crippen LogP contribution in [-0.2, 0) is 0 Å². The van der Waals surface area contributed by atoms with Gasteiger partial charge in [0.15, 0.2) is 11.5 Å². The number of ether oxygens (including phenoxy) is 1. The number of anilines is 3. The number of furan rings is 1. The molecule has 8 aromatic carbocycles. The Morgan fingerprint density at radius 2 is 0.981 bits per heavy atom. The van der Waals surface area contributed by atoms with Crippen molar-refractivity contribution in [2.75, 3.05) is 4.90 Å². The normalized spacial score (nSPS) is 12.3. The highest BCUT2D eigenvalue weighted by Crippen LogP contribution is 2.52. The van der Waals surface area contributed by atoms with Gasteiger partial charge in [0.05, 0.1) is 22.4 Å². The van der Waals surface area contributed by atoms with Crippen molar-refractivity contribution >= 4 is 60.8 Å². The summed E-state index contributed by atoms with van der Waals surface area (Å²) in [5.41, 5.74) is 13.0. The molecule has 3 heterocycles. The van der Waals surface area contributed by atoms with Gasteiger partial charge in [0.1, 0.15) is 11.2 Å². The molecular formula is C48H30N2O2. The predicted molar refractivity (Wildman–Crippen MR) is 214 cm³/mol. The topological polar surface area (TPSA) is 30.5 Å². The second-order valence-corrected chi connectivity index (χ2v) is 13.4. The van der Waals surface area contributed by atoms with Crippen LogP contribution in [0.1, 0.15) is 0 Å². The zero-order valence-corrected chi connectivity index (χ0v) is 28.0. The third kappa shape index (κ3) is 4.41. The molecule has 0 fully saturated rings. The lowest BCUT2D eigenvalue weighted by atomic mass is 10.0. The number of nitrogens with zero attached hydrogens (tertiary/aromatic N) is 2. The summed E-state index contributed by atoms with van der Waals surface area (Å²) in [5, 5.41) is 4.64. The van der Waals surface area contributed by atoms with Crippen LogP contribution < -0.4 is 9.64 Å². The van der Waals surface area contributed by atoms with Gasteiger partial charge in [-0.05, 0) is 101 Å². The molecule has 0 aliphatic carbocycles. The zero-order chi connectivity index (χ0) is 34.2. The van der Waals surface area contributed by atoms with Gasteiger partial charge < -0.3 is 18.6 Å². The van der Waals surface area contributed by atoms with Crippen molar-refractivity contribution in [2.45, 2.75) is 0 Å². The summed E-state index contributed by atoms with van der Waals surface area (Å²) in [4.78, 5) is 2.29. The number of hydrogen-bond acceptors (Lipinski definition) is 3.